The third-order valence-corrected chi connectivity index (χ3v) is 7.21. The molecule has 0 radical (unpaired) electrons. The van der Waals surface area contributed by atoms with Gasteiger partial charge in [-0.05, 0) is 49.1 Å². The highest BCUT2D eigenvalue weighted by Crippen LogP contribution is 2.42. The van der Waals surface area contributed by atoms with Gasteiger partial charge < -0.3 is 11.1 Å². The Morgan fingerprint density at radius 1 is 1.42 bits per heavy atom. The second-order valence-electron chi connectivity index (χ2n) is 5.67. The summed E-state index contributed by atoms with van der Waals surface area (Å²) < 4.78 is 28.7. The molecule has 0 amide bonds. The highest BCUT2D eigenvalue weighted by atomic mass is 32.2. The van der Waals surface area contributed by atoms with Gasteiger partial charge >= 0.3 is 0 Å². The van der Waals surface area contributed by atoms with E-state index in [1.165, 1.54) is 12.8 Å². The van der Waals surface area contributed by atoms with Crippen molar-refractivity contribution in [3.8, 4) is 0 Å². The Balaban J connectivity index is 1.78. The normalized spacial score (nSPS) is 21.3. The van der Waals surface area contributed by atoms with Gasteiger partial charge in [0.05, 0.1) is 5.25 Å². The van der Waals surface area contributed by atoms with Crippen LogP contribution in [0.15, 0.2) is 4.90 Å². The summed E-state index contributed by atoms with van der Waals surface area (Å²) in [6, 6.07) is 0. The maximum atomic E-state index is 12.3. The number of nitrogen functional groups attached to an aromatic ring is 1. The molecule has 3 N–H and O–H groups in total. The molecule has 3 rings (SSSR count). The Morgan fingerprint density at radius 2 is 2.11 bits per heavy atom. The molecule has 106 valence electrons. The fourth-order valence-electron chi connectivity index (χ4n) is 2.31. The monoisotopic (exact) mass is 301 g/mol. The van der Waals surface area contributed by atoms with E-state index in [9.17, 15) is 8.42 Å². The van der Waals surface area contributed by atoms with Gasteiger partial charge in [-0.2, -0.15) is 4.37 Å². The minimum absolute atomic E-state index is 0.151. The first-order valence-corrected chi connectivity index (χ1v) is 9.05. The molecule has 2 aliphatic carbocycles. The molecule has 1 aromatic heterocycles. The van der Waals surface area contributed by atoms with E-state index in [1.54, 1.807) is 0 Å². The lowest BCUT2D eigenvalue weighted by Crippen LogP contribution is -2.15. The first kappa shape index (κ1) is 13.2. The zero-order valence-corrected chi connectivity index (χ0v) is 12.6. The van der Waals surface area contributed by atoms with E-state index < -0.39 is 9.84 Å². The van der Waals surface area contributed by atoms with Crippen LogP contribution in [0.25, 0.3) is 0 Å². The summed E-state index contributed by atoms with van der Waals surface area (Å²) in [5.41, 5.74) is 5.75. The van der Waals surface area contributed by atoms with E-state index in [1.807, 2.05) is 0 Å². The number of nitrogens with one attached hydrogen (secondary N) is 1. The fraction of sp³-hybridized carbons (Fsp3) is 0.750. The quantitative estimate of drug-likeness (QED) is 0.840. The van der Waals surface area contributed by atoms with Crippen molar-refractivity contribution in [2.24, 2.45) is 11.8 Å². The molecule has 7 heteroatoms. The van der Waals surface area contributed by atoms with Gasteiger partial charge in [-0.1, -0.05) is 6.92 Å². The van der Waals surface area contributed by atoms with E-state index in [4.69, 9.17) is 5.73 Å². The molecular formula is C12H19N3O2S2. The third kappa shape index (κ3) is 2.58. The van der Waals surface area contributed by atoms with Crippen LogP contribution in [0.5, 0.6) is 0 Å². The van der Waals surface area contributed by atoms with E-state index >= 15 is 0 Å². The maximum absolute atomic E-state index is 12.3. The minimum Gasteiger partial charge on any atom is -0.382 e. The highest BCUT2D eigenvalue weighted by Gasteiger charge is 2.41. The third-order valence-electron chi connectivity index (χ3n) is 3.93. The summed E-state index contributed by atoms with van der Waals surface area (Å²) >= 11 is 1.16. The SMILES string of the molecule is CC(CNc1snc(N)c1S(=O)(=O)C1CC1)C1CC1. The van der Waals surface area contributed by atoms with Crippen molar-refractivity contribution in [1.29, 1.82) is 0 Å². The Hall–Kier alpha value is -0.820. The smallest absolute Gasteiger partial charge is 0.187 e. The van der Waals surface area contributed by atoms with E-state index in [-0.39, 0.29) is 16.0 Å². The molecule has 2 fully saturated rings. The Bertz CT molecular complexity index is 574. The molecule has 0 spiro atoms. The number of hydrogen-bond acceptors (Lipinski definition) is 6. The fourth-order valence-corrected chi connectivity index (χ4v) is 5.20. The van der Waals surface area contributed by atoms with Crippen molar-refractivity contribution in [3.63, 3.8) is 0 Å². The number of rotatable bonds is 6. The standard InChI is InChI=1S/C12H19N3O2S2/c1-7(8-2-3-8)6-14-12-10(11(13)15-18-12)19(16,17)9-4-5-9/h7-9,14H,2-6H2,1H3,(H2,13,15). The van der Waals surface area contributed by atoms with Crippen molar-refractivity contribution in [3.05, 3.63) is 0 Å². The van der Waals surface area contributed by atoms with Crippen LogP contribution in [0, 0.1) is 11.8 Å². The first-order valence-electron chi connectivity index (χ1n) is 6.73. The second kappa shape index (κ2) is 4.63. The lowest BCUT2D eigenvalue weighted by atomic mass is 10.1. The van der Waals surface area contributed by atoms with Crippen LogP contribution in [0.3, 0.4) is 0 Å². The summed E-state index contributed by atoms with van der Waals surface area (Å²) in [5.74, 6) is 1.51. The average molecular weight is 301 g/mol. The molecule has 5 nitrogen and oxygen atoms in total. The molecule has 0 aromatic carbocycles. The molecule has 0 saturated heterocycles. The number of hydrogen-bond donors (Lipinski definition) is 2. The van der Waals surface area contributed by atoms with Crippen molar-refractivity contribution < 1.29 is 8.42 Å². The topological polar surface area (TPSA) is 85.1 Å². The maximum Gasteiger partial charge on any atom is 0.187 e. The second-order valence-corrected chi connectivity index (χ2v) is 8.60. The van der Waals surface area contributed by atoms with Gasteiger partial charge in [0, 0.05) is 6.54 Å². The van der Waals surface area contributed by atoms with Crippen molar-refractivity contribution >= 4 is 32.2 Å². The summed E-state index contributed by atoms with van der Waals surface area (Å²) in [7, 11) is -3.28. The molecule has 0 bridgehead atoms. The molecular weight excluding hydrogens is 282 g/mol. The molecule has 2 aliphatic rings. The van der Waals surface area contributed by atoms with Gasteiger partial charge in [0.2, 0.25) is 0 Å². The van der Waals surface area contributed by atoms with Crippen molar-refractivity contribution in [2.45, 2.75) is 42.8 Å². The van der Waals surface area contributed by atoms with Gasteiger partial charge in [0.25, 0.3) is 0 Å². The number of nitrogens with two attached hydrogens (primary N) is 1. The number of aromatic nitrogens is 1. The Morgan fingerprint density at radius 3 is 2.68 bits per heavy atom. The highest BCUT2D eigenvalue weighted by molar-refractivity contribution is 7.92. The van der Waals surface area contributed by atoms with E-state index in [2.05, 4.69) is 16.6 Å². The number of anilines is 2. The summed E-state index contributed by atoms with van der Waals surface area (Å²) in [4.78, 5) is 0.239. The predicted octanol–water partition coefficient (Wildman–Crippen LogP) is 2.12. The predicted molar refractivity (Wildman–Crippen MR) is 77.1 cm³/mol. The van der Waals surface area contributed by atoms with E-state index in [0.29, 0.717) is 10.9 Å². The van der Waals surface area contributed by atoms with E-state index in [0.717, 1.165) is 36.8 Å². The molecule has 1 heterocycles. The van der Waals surface area contributed by atoms with Gasteiger partial charge in [-0.25, -0.2) is 8.42 Å². The Labute approximate surface area is 117 Å². The largest absolute Gasteiger partial charge is 0.382 e. The van der Waals surface area contributed by atoms with Crippen LogP contribution in [-0.2, 0) is 9.84 Å². The van der Waals surface area contributed by atoms with Crippen LogP contribution in [0.1, 0.15) is 32.6 Å². The van der Waals surface area contributed by atoms with Gasteiger partial charge in [-0.3, -0.25) is 0 Å². The number of nitrogens with zero attached hydrogens (tertiary/aromatic N) is 1. The van der Waals surface area contributed by atoms with Crippen LogP contribution in [-0.4, -0.2) is 24.6 Å². The zero-order valence-electron chi connectivity index (χ0n) is 10.9. The Kier molecular flexibility index (Phi) is 3.21. The van der Waals surface area contributed by atoms with Crippen LogP contribution in [0.4, 0.5) is 10.8 Å². The summed E-state index contributed by atoms with van der Waals surface area (Å²) in [6.45, 7) is 2.99. The van der Waals surface area contributed by atoms with Crippen LogP contribution < -0.4 is 11.1 Å². The lowest BCUT2D eigenvalue weighted by Gasteiger charge is -2.12. The lowest BCUT2D eigenvalue weighted by molar-refractivity contribution is 0.536. The van der Waals surface area contributed by atoms with Crippen molar-refractivity contribution in [2.75, 3.05) is 17.6 Å². The summed E-state index contributed by atoms with van der Waals surface area (Å²) in [5, 5.41) is 3.62. The molecule has 1 aromatic rings. The number of sulfone groups is 1. The first-order chi connectivity index (χ1) is 9.00. The molecule has 0 aliphatic heterocycles. The molecule has 1 atom stereocenters. The van der Waals surface area contributed by atoms with Gasteiger partial charge in [0.15, 0.2) is 15.7 Å². The van der Waals surface area contributed by atoms with Gasteiger partial charge in [-0.15, -0.1) is 0 Å². The molecule has 2 saturated carbocycles. The zero-order chi connectivity index (χ0) is 13.6. The minimum atomic E-state index is -3.28. The van der Waals surface area contributed by atoms with Crippen LogP contribution in [0.2, 0.25) is 0 Å². The average Bonchev–Trinajstić information content (AvgIpc) is 3.23. The molecule has 1 unspecified atom stereocenters. The van der Waals surface area contributed by atoms with Gasteiger partial charge in [0.1, 0.15) is 9.90 Å². The van der Waals surface area contributed by atoms with Crippen molar-refractivity contribution in [1.82, 2.24) is 4.37 Å². The van der Waals surface area contributed by atoms with Crippen LogP contribution >= 0.6 is 11.5 Å². The summed E-state index contributed by atoms with van der Waals surface area (Å²) in [6.07, 6.45) is 4.08. The molecule has 19 heavy (non-hydrogen) atoms.